The average molecular weight is 192 g/mol. The Morgan fingerprint density at radius 3 is 2.23 bits per heavy atom. The topological polar surface area (TPSA) is 58.9 Å². The molecular weight excluding hydrogens is 172 g/mol. The molecule has 0 aromatic carbocycles. The lowest BCUT2D eigenvalue weighted by molar-refractivity contribution is -0.194. The summed E-state index contributed by atoms with van der Waals surface area (Å²) in [6.07, 6.45) is 0.754. The predicted molar refractivity (Wildman–Crippen MR) is 49.4 cm³/mol. The van der Waals surface area contributed by atoms with Crippen LogP contribution in [0.5, 0.6) is 0 Å². The molecule has 0 aromatic rings. The van der Waals surface area contributed by atoms with Gasteiger partial charge in [0, 0.05) is 6.61 Å². The summed E-state index contributed by atoms with van der Waals surface area (Å²) < 4.78 is 10.5. The van der Waals surface area contributed by atoms with Gasteiger partial charge in [0.25, 0.3) is 0 Å². The van der Waals surface area contributed by atoms with Crippen molar-refractivity contribution in [1.29, 1.82) is 0 Å². The van der Waals surface area contributed by atoms with E-state index in [0.717, 1.165) is 6.42 Å². The minimum atomic E-state index is -0.600. The van der Waals surface area contributed by atoms with Gasteiger partial charge in [-0.05, 0) is 12.8 Å². The maximum absolute atomic E-state index is 8.86. The largest absolute Gasteiger partial charge is 0.394 e. The molecule has 0 bridgehead atoms. The zero-order chi connectivity index (χ0) is 10.1. The van der Waals surface area contributed by atoms with E-state index in [-0.39, 0.29) is 19.3 Å². The molecule has 0 saturated carbocycles. The van der Waals surface area contributed by atoms with Crippen molar-refractivity contribution in [1.82, 2.24) is 0 Å². The number of hydrogen-bond acceptors (Lipinski definition) is 4. The molecule has 4 heteroatoms. The van der Waals surface area contributed by atoms with E-state index in [2.05, 4.69) is 0 Å². The zero-order valence-corrected chi connectivity index (χ0v) is 8.40. The van der Waals surface area contributed by atoms with Gasteiger partial charge in [-0.2, -0.15) is 0 Å². The maximum atomic E-state index is 8.86. The van der Waals surface area contributed by atoms with Gasteiger partial charge in [-0.25, -0.2) is 0 Å². The van der Waals surface area contributed by atoms with Crippen molar-refractivity contribution < 1.29 is 19.7 Å². The molecule has 80 valence electrons. The quantitative estimate of drug-likeness (QED) is 0.550. The van der Waals surface area contributed by atoms with Gasteiger partial charge in [0.15, 0.2) is 6.29 Å². The lowest BCUT2D eigenvalue weighted by Crippen LogP contribution is -2.29. The second kappa shape index (κ2) is 8.44. The fourth-order valence-corrected chi connectivity index (χ4v) is 0.867. The summed E-state index contributed by atoms with van der Waals surface area (Å²) in [6, 6.07) is 0. The molecule has 0 aromatic heterocycles. The van der Waals surface area contributed by atoms with Gasteiger partial charge in [-0.15, -0.1) is 0 Å². The molecule has 0 aliphatic heterocycles. The second-order valence-corrected chi connectivity index (χ2v) is 2.83. The molecule has 0 saturated heterocycles. The van der Waals surface area contributed by atoms with Crippen molar-refractivity contribution in [3.05, 3.63) is 0 Å². The van der Waals surface area contributed by atoms with Gasteiger partial charge in [-0.3, -0.25) is 0 Å². The second-order valence-electron chi connectivity index (χ2n) is 2.83. The summed E-state index contributed by atoms with van der Waals surface area (Å²) in [5.74, 6) is 0. The number of rotatable bonds is 8. The summed E-state index contributed by atoms with van der Waals surface area (Å²) in [4.78, 5) is 0. The summed E-state index contributed by atoms with van der Waals surface area (Å²) >= 11 is 0. The minimum absolute atomic E-state index is 0.0392. The Morgan fingerprint density at radius 2 is 1.85 bits per heavy atom. The Labute approximate surface area is 79.5 Å². The third-order valence-electron chi connectivity index (χ3n) is 1.66. The first-order chi connectivity index (χ1) is 6.28. The van der Waals surface area contributed by atoms with Crippen LogP contribution in [-0.4, -0.2) is 42.4 Å². The van der Waals surface area contributed by atoms with E-state index in [1.54, 1.807) is 0 Å². The lowest BCUT2D eigenvalue weighted by atomic mass is 10.3. The maximum Gasteiger partial charge on any atom is 0.180 e. The smallest absolute Gasteiger partial charge is 0.180 e. The van der Waals surface area contributed by atoms with Crippen LogP contribution in [0.4, 0.5) is 0 Å². The van der Waals surface area contributed by atoms with Crippen molar-refractivity contribution in [3.8, 4) is 0 Å². The van der Waals surface area contributed by atoms with E-state index < -0.39 is 6.29 Å². The zero-order valence-electron chi connectivity index (χ0n) is 8.40. The molecule has 13 heavy (non-hydrogen) atoms. The van der Waals surface area contributed by atoms with Crippen molar-refractivity contribution in [2.75, 3.05) is 19.8 Å². The highest BCUT2D eigenvalue weighted by Crippen LogP contribution is 2.03. The first-order valence-corrected chi connectivity index (χ1v) is 4.77. The van der Waals surface area contributed by atoms with E-state index in [9.17, 15) is 0 Å². The van der Waals surface area contributed by atoms with E-state index >= 15 is 0 Å². The third kappa shape index (κ3) is 5.99. The predicted octanol–water partition coefficient (Wildman–Crippen LogP) is 0.519. The van der Waals surface area contributed by atoms with E-state index in [1.807, 2.05) is 13.8 Å². The van der Waals surface area contributed by atoms with Crippen molar-refractivity contribution >= 4 is 0 Å². The molecule has 0 radical (unpaired) electrons. The van der Waals surface area contributed by atoms with Crippen molar-refractivity contribution in [2.24, 2.45) is 0 Å². The van der Waals surface area contributed by atoms with E-state index in [0.29, 0.717) is 13.0 Å². The first kappa shape index (κ1) is 12.8. The van der Waals surface area contributed by atoms with Gasteiger partial charge >= 0.3 is 0 Å². The highest BCUT2D eigenvalue weighted by Gasteiger charge is 2.13. The van der Waals surface area contributed by atoms with Crippen LogP contribution in [0.2, 0.25) is 0 Å². The molecule has 2 unspecified atom stereocenters. The molecule has 0 aliphatic rings. The Bertz CT molecular complexity index is 104. The van der Waals surface area contributed by atoms with Crippen molar-refractivity contribution in [2.45, 2.75) is 39.1 Å². The summed E-state index contributed by atoms with van der Waals surface area (Å²) in [7, 11) is 0. The number of ether oxygens (including phenoxy) is 2. The summed E-state index contributed by atoms with van der Waals surface area (Å²) in [5, 5.41) is 17.7. The van der Waals surface area contributed by atoms with Crippen LogP contribution in [-0.2, 0) is 9.47 Å². The highest BCUT2D eigenvalue weighted by molar-refractivity contribution is 4.53. The monoisotopic (exact) mass is 192 g/mol. The SMILES string of the molecule is CCCOC(CO)OC(CC)CO. The Hall–Kier alpha value is -0.160. The van der Waals surface area contributed by atoms with E-state index in [1.165, 1.54) is 0 Å². The van der Waals surface area contributed by atoms with Crippen LogP contribution in [0.3, 0.4) is 0 Å². The molecule has 0 aliphatic carbocycles. The van der Waals surface area contributed by atoms with Gasteiger partial charge in [0.1, 0.15) is 0 Å². The number of hydrogen-bond donors (Lipinski definition) is 2. The molecule has 0 heterocycles. The Kier molecular flexibility index (Phi) is 8.33. The highest BCUT2D eigenvalue weighted by atomic mass is 16.7. The van der Waals surface area contributed by atoms with Gasteiger partial charge in [0.05, 0.1) is 19.3 Å². The molecule has 0 rings (SSSR count). The van der Waals surface area contributed by atoms with Crippen LogP contribution < -0.4 is 0 Å². The lowest BCUT2D eigenvalue weighted by Gasteiger charge is -2.21. The fourth-order valence-electron chi connectivity index (χ4n) is 0.867. The molecule has 2 atom stereocenters. The molecule has 4 nitrogen and oxygen atoms in total. The standard InChI is InChI=1S/C9H20O4/c1-3-5-12-9(7-11)13-8(4-2)6-10/h8-11H,3-7H2,1-2H3. The van der Waals surface area contributed by atoms with Crippen LogP contribution in [0.15, 0.2) is 0 Å². The summed E-state index contributed by atoms with van der Waals surface area (Å²) in [6.45, 7) is 4.25. The fraction of sp³-hybridized carbons (Fsp3) is 1.00. The van der Waals surface area contributed by atoms with Crippen LogP contribution >= 0.6 is 0 Å². The van der Waals surface area contributed by atoms with E-state index in [4.69, 9.17) is 19.7 Å². The molecular formula is C9H20O4. The number of aliphatic hydroxyl groups is 2. The van der Waals surface area contributed by atoms with Crippen LogP contribution in [0, 0.1) is 0 Å². The van der Waals surface area contributed by atoms with Crippen LogP contribution in [0.1, 0.15) is 26.7 Å². The third-order valence-corrected chi connectivity index (χ3v) is 1.66. The van der Waals surface area contributed by atoms with Crippen LogP contribution in [0.25, 0.3) is 0 Å². The van der Waals surface area contributed by atoms with Crippen molar-refractivity contribution in [3.63, 3.8) is 0 Å². The van der Waals surface area contributed by atoms with Gasteiger partial charge in [0.2, 0.25) is 0 Å². The first-order valence-electron chi connectivity index (χ1n) is 4.77. The molecule has 0 amide bonds. The normalized spacial score (nSPS) is 15.7. The summed E-state index contributed by atoms with van der Waals surface area (Å²) in [5.41, 5.74) is 0. The molecule has 0 spiro atoms. The number of aliphatic hydroxyl groups excluding tert-OH is 2. The van der Waals surface area contributed by atoms with Gasteiger partial charge < -0.3 is 19.7 Å². The Balaban J connectivity index is 3.67. The van der Waals surface area contributed by atoms with Gasteiger partial charge in [-0.1, -0.05) is 13.8 Å². The Morgan fingerprint density at radius 1 is 1.15 bits per heavy atom. The molecule has 2 N–H and O–H groups in total. The molecule has 0 fully saturated rings. The average Bonchev–Trinajstić information content (AvgIpc) is 2.19. The minimum Gasteiger partial charge on any atom is -0.394 e.